The van der Waals surface area contributed by atoms with Crippen molar-refractivity contribution in [2.45, 2.75) is 39.0 Å². The molecule has 1 saturated heterocycles. The Kier molecular flexibility index (Phi) is 4.91. The number of nitrogens with one attached hydrogen (secondary N) is 1. The molecule has 0 radical (unpaired) electrons. The Morgan fingerprint density at radius 3 is 2.72 bits per heavy atom. The van der Waals surface area contributed by atoms with Crippen LogP contribution in [0.5, 0.6) is 0 Å². The summed E-state index contributed by atoms with van der Waals surface area (Å²) in [7, 11) is 0. The number of rotatable bonds is 4. The lowest BCUT2D eigenvalue weighted by molar-refractivity contribution is 0.0695. The summed E-state index contributed by atoms with van der Waals surface area (Å²) in [6, 6.07) is 12.1. The second kappa shape index (κ2) is 7.40. The van der Waals surface area contributed by atoms with Crippen LogP contribution < -0.4 is 10.5 Å². The van der Waals surface area contributed by atoms with Gasteiger partial charge in [0.1, 0.15) is 5.56 Å². The zero-order valence-corrected chi connectivity index (χ0v) is 16.6. The first kappa shape index (κ1) is 19.3. The Labute approximate surface area is 169 Å². The number of aromatic carboxylic acids is 1. The van der Waals surface area contributed by atoms with Gasteiger partial charge < -0.3 is 15.0 Å². The van der Waals surface area contributed by atoms with Gasteiger partial charge in [0.05, 0.1) is 17.2 Å². The maximum atomic E-state index is 12.1. The number of aromatic amines is 1. The van der Waals surface area contributed by atoms with E-state index in [-0.39, 0.29) is 11.0 Å². The van der Waals surface area contributed by atoms with E-state index in [2.05, 4.69) is 16.0 Å². The number of H-pyrrole nitrogens is 1. The lowest BCUT2D eigenvalue weighted by atomic mass is 9.69. The van der Waals surface area contributed by atoms with Gasteiger partial charge in [0.25, 0.3) is 5.56 Å². The molecule has 2 aliphatic rings. The van der Waals surface area contributed by atoms with E-state index in [9.17, 15) is 20.0 Å². The van der Waals surface area contributed by atoms with E-state index < -0.39 is 11.5 Å². The summed E-state index contributed by atoms with van der Waals surface area (Å²) in [6.45, 7) is 3.62. The molecule has 1 aliphatic heterocycles. The minimum Gasteiger partial charge on any atom is -0.477 e. The summed E-state index contributed by atoms with van der Waals surface area (Å²) in [5.41, 5.74) is 2.36. The first-order chi connectivity index (χ1) is 14.0. The second-order valence-corrected chi connectivity index (χ2v) is 8.21. The Balaban J connectivity index is 1.63. The number of carboxylic acid groups (broad SMARTS) is 1. The van der Waals surface area contributed by atoms with Crippen molar-refractivity contribution < 1.29 is 9.90 Å². The van der Waals surface area contributed by atoms with Crippen molar-refractivity contribution in [2.75, 3.05) is 18.0 Å². The molecule has 0 bridgehead atoms. The molecule has 0 spiro atoms. The first-order valence-electron chi connectivity index (χ1n) is 10.2. The van der Waals surface area contributed by atoms with Crippen molar-refractivity contribution >= 4 is 11.7 Å². The molecule has 1 aromatic heterocycles. The summed E-state index contributed by atoms with van der Waals surface area (Å²) in [4.78, 5) is 28.4. The number of hydrogen-bond donors (Lipinski definition) is 2. The second-order valence-electron chi connectivity index (χ2n) is 8.21. The Hall–Kier alpha value is -3.07. The zero-order chi connectivity index (χ0) is 20.6. The molecule has 150 valence electrons. The number of benzene rings is 1. The van der Waals surface area contributed by atoms with Crippen molar-refractivity contribution in [3.05, 3.63) is 51.8 Å². The number of hydrogen-bond acceptors (Lipinski definition) is 4. The van der Waals surface area contributed by atoms with Crippen molar-refractivity contribution in [3.63, 3.8) is 0 Å². The molecule has 1 aromatic carbocycles. The largest absolute Gasteiger partial charge is 0.477 e. The number of nitriles is 1. The summed E-state index contributed by atoms with van der Waals surface area (Å²) >= 11 is 0. The van der Waals surface area contributed by atoms with Crippen LogP contribution in [0.15, 0.2) is 35.1 Å². The van der Waals surface area contributed by atoms with Crippen molar-refractivity contribution in [1.29, 1.82) is 5.26 Å². The molecule has 2 atom stereocenters. The number of carbonyl (C=O) groups is 1. The lowest BCUT2D eigenvalue weighted by Crippen LogP contribution is -2.31. The van der Waals surface area contributed by atoms with Crippen molar-refractivity contribution in [2.24, 2.45) is 11.3 Å². The normalized spacial score (nSPS) is 23.4. The van der Waals surface area contributed by atoms with E-state index in [1.54, 1.807) is 0 Å². The molecule has 0 unspecified atom stereocenters. The minimum atomic E-state index is -1.22. The van der Waals surface area contributed by atoms with Crippen LogP contribution in [-0.4, -0.2) is 29.1 Å². The van der Waals surface area contributed by atoms with E-state index in [0.29, 0.717) is 18.0 Å². The first-order valence-corrected chi connectivity index (χ1v) is 10.2. The van der Waals surface area contributed by atoms with Crippen LogP contribution in [0.2, 0.25) is 0 Å². The molecular weight excluding hydrogens is 366 g/mol. The van der Waals surface area contributed by atoms with E-state index >= 15 is 0 Å². The predicted octanol–water partition coefficient (Wildman–Crippen LogP) is 3.82. The average molecular weight is 391 g/mol. The van der Waals surface area contributed by atoms with Gasteiger partial charge >= 0.3 is 5.97 Å². The summed E-state index contributed by atoms with van der Waals surface area (Å²) in [5.74, 6) is -0.780. The summed E-state index contributed by atoms with van der Waals surface area (Å²) in [5, 5.41) is 19.0. The topological polar surface area (TPSA) is 97.2 Å². The van der Waals surface area contributed by atoms with Gasteiger partial charge in [-0.15, -0.1) is 0 Å². The third kappa shape index (κ3) is 3.31. The number of aryl methyl sites for hydroxylation is 1. The van der Waals surface area contributed by atoms with Crippen molar-refractivity contribution in [1.82, 2.24) is 4.98 Å². The molecule has 2 heterocycles. The van der Waals surface area contributed by atoms with E-state index in [4.69, 9.17) is 0 Å². The Morgan fingerprint density at radius 2 is 2.10 bits per heavy atom. The maximum Gasteiger partial charge on any atom is 0.341 e. The fourth-order valence-corrected chi connectivity index (χ4v) is 4.94. The van der Waals surface area contributed by atoms with Crippen LogP contribution in [-0.2, 0) is 6.42 Å². The molecule has 29 heavy (non-hydrogen) atoms. The summed E-state index contributed by atoms with van der Waals surface area (Å²) in [6.07, 6.45) is 5.07. The molecule has 6 nitrogen and oxygen atoms in total. The highest BCUT2D eigenvalue weighted by Gasteiger charge is 2.48. The van der Waals surface area contributed by atoms with Crippen LogP contribution in [0, 0.1) is 22.7 Å². The maximum absolute atomic E-state index is 12.1. The number of nitrogens with zero attached hydrogens (tertiary/aromatic N) is 2. The molecule has 0 amide bonds. The molecule has 2 fully saturated rings. The monoisotopic (exact) mass is 391 g/mol. The van der Waals surface area contributed by atoms with Gasteiger partial charge in [-0.25, -0.2) is 4.79 Å². The minimum absolute atomic E-state index is 0.218. The number of fused-ring (bicyclic) bond motifs is 1. The van der Waals surface area contributed by atoms with Gasteiger partial charge in [0.15, 0.2) is 0 Å². The quantitative estimate of drug-likeness (QED) is 0.826. The Morgan fingerprint density at radius 1 is 1.34 bits per heavy atom. The number of anilines is 1. The van der Waals surface area contributed by atoms with Gasteiger partial charge in [-0.2, -0.15) is 5.26 Å². The molecular formula is C23H25N3O3. The predicted molar refractivity (Wildman–Crippen MR) is 111 cm³/mol. The zero-order valence-electron chi connectivity index (χ0n) is 16.6. The highest BCUT2D eigenvalue weighted by Crippen LogP contribution is 2.47. The van der Waals surface area contributed by atoms with Gasteiger partial charge in [-0.3, -0.25) is 4.79 Å². The van der Waals surface area contributed by atoms with Crippen LogP contribution in [0.4, 0.5) is 5.69 Å². The van der Waals surface area contributed by atoms with Crippen LogP contribution >= 0.6 is 0 Å². The van der Waals surface area contributed by atoms with Gasteiger partial charge in [-0.1, -0.05) is 31.9 Å². The molecule has 1 aliphatic carbocycles. The van der Waals surface area contributed by atoms with Crippen LogP contribution in [0.3, 0.4) is 0 Å². The fourth-order valence-electron chi connectivity index (χ4n) is 4.94. The number of carboxylic acids is 1. The fraction of sp³-hybridized carbons (Fsp3) is 0.435. The Bertz CT molecular complexity index is 1030. The molecule has 2 N–H and O–H groups in total. The van der Waals surface area contributed by atoms with Gasteiger partial charge in [0.2, 0.25) is 0 Å². The highest BCUT2D eigenvalue weighted by atomic mass is 16.4. The van der Waals surface area contributed by atoms with E-state index in [1.165, 1.54) is 12.5 Å². The standard InChI is InChI=1S/C23H25N3O3/c1-2-15-11-19(22(28)29)21(27)25-20(15)16-6-8-18(9-7-16)26-12-17-5-3-4-10-23(17,13-24)14-26/h6-9,11,17H,2-5,10,12,14H2,1H3,(H,25,27)(H,28,29)/t17-,23-/m0/s1. The van der Waals surface area contributed by atoms with Gasteiger partial charge in [0, 0.05) is 18.8 Å². The van der Waals surface area contributed by atoms with E-state index in [1.807, 2.05) is 31.2 Å². The molecule has 2 aromatic rings. The SMILES string of the molecule is CCc1cc(C(=O)O)c(=O)[nH]c1-c1ccc(N2C[C@@H]3CCCC[C@]3(C#N)C2)cc1. The summed E-state index contributed by atoms with van der Waals surface area (Å²) < 4.78 is 0. The highest BCUT2D eigenvalue weighted by molar-refractivity contribution is 5.88. The lowest BCUT2D eigenvalue weighted by Gasteiger charge is -2.31. The van der Waals surface area contributed by atoms with Gasteiger partial charge in [-0.05, 0) is 54.5 Å². The van der Waals surface area contributed by atoms with E-state index in [0.717, 1.165) is 49.2 Å². The number of aromatic nitrogens is 1. The van der Waals surface area contributed by atoms with Crippen LogP contribution in [0.25, 0.3) is 11.3 Å². The smallest absolute Gasteiger partial charge is 0.341 e. The van der Waals surface area contributed by atoms with Crippen molar-refractivity contribution in [3.8, 4) is 17.3 Å². The van der Waals surface area contributed by atoms with Crippen LogP contribution in [0.1, 0.15) is 48.5 Å². The third-order valence-electron chi connectivity index (χ3n) is 6.60. The third-order valence-corrected chi connectivity index (χ3v) is 6.60. The number of pyridine rings is 1. The molecule has 1 saturated carbocycles. The molecule has 6 heteroatoms. The average Bonchev–Trinajstić information content (AvgIpc) is 3.13. The molecule has 4 rings (SSSR count).